The molecule has 0 unspecified atom stereocenters. The van der Waals surface area contributed by atoms with E-state index < -0.39 is 12.0 Å². The van der Waals surface area contributed by atoms with E-state index in [2.05, 4.69) is 20.4 Å². The fraction of sp³-hybridized carbons (Fsp3) is 0.360. The predicted molar refractivity (Wildman–Crippen MR) is 131 cm³/mol. The fourth-order valence-corrected chi connectivity index (χ4v) is 4.67. The third kappa shape index (κ3) is 5.13. The molecule has 0 spiro atoms. The van der Waals surface area contributed by atoms with Gasteiger partial charge in [-0.15, -0.1) is 0 Å². The lowest BCUT2D eigenvalue weighted by molar-refractivity contribution is -0.136. The highest BCUT2D eigenvalue weighted by Crippen LogP contribution is 2.34. The Kier molecular flexibility index (Phi) is 7.59. The summed E-state index contributed by atoms with van der Waals surface area (Å²) in [5.41, 5.74) is 2.64. The van der Waals surface area contributed by atoms with E-state index in [1.807, 2.05) is 55.5 Å². The Labute approximate surface area is 204 Å². The van der Waals surface area contributed by atoms with Gasteiger partial charge < -0.3 is 25.0 Å². The smallest absolute Gasteiger partial charge is 0.338 e. The monoisotopic (exact) mass is 484 g/mol. The first-order valence-electron chi connectivity index (χ1n) is 11.3. The summed E-state index contributed by atoms with van der Waals surface area (Å²) in [4.78, 5) is 30.0. The molecule has 1 fully saturated rings. The topological polar surface area (TPSA) is 83.1 Å². The van der Waals surface area contributed by atoms with Crippen molar-refractivity contribution >= 4 is 29.3 Å². The summed E-state index contributed by atoms with van der Waals surface area (Å²) in [7, 11) is 1.34. The molecule has 2 aromatic carbocycles. The van der Waals surface area contributed by atoms with E-state index in [4.69, 9.17) is 21.1 Å². The summed E-state index contributed by atoms with van der Waals surface area (Å²) >= 11 is 6.37. The number of nitrogens with one attached hydrogen (secondary N) is 2. The highest BCUT2D eigenvalue weighted by atomic mass is 35.5. The number of methoxy groups -OCH3 is 1. The number of carbonyl (C=O) groups is 2. The maximum Gasteiger partial charge on any atom is 0.338 e. The molecular formula is C25H29ClN4O4. The summed E-state index contributed by atoms with van der Waals surface area (Å²) in [6, 6.07) is 14.2. The molecule has 0 aromatic heterocycles. The molecular weight excluding hydrogens is 456 g/mol. The van der Waals surface area contributed by atoms with Gasteiger partial charge in [0.15, 0.2) is 0 Å². The summed E-state index contributed by atoms with van der Waals surface area (Å²) < 4.78 is 10.9. The van der Waals surface area contributed by atoms with Crippen molar-refractivity contribution in [3.8, 4) is 5.75 Å². The first kappa shape index (κ1) is 23.9. The average Bonchev–Trinajstić information content (AvgIpc) is 2.85. The van der Waals surface area contributed by atoms with Gasteiger partial charge in [-0.2, -0.15) is 0 Å². The molecule has 8 nitrogen and oxygen atoms in total. The molecule has 180 valence electrons. The second-order valence-electron chi connectivity index (χ2n) is 8.10. The summed E-state index contributed by atoms with van der Waals surface area (Å²) in [5.74, 6) is 0.125. The third-order valence-electron chi connectivity index (χ3n) is 6.04. The second kappa shape index (κ2) is 10.8. The van der Waals surface area contributed by atoms with Crippen LogP contribution in [0.5, 0.6) is 5.75 Å². The molecule has 9 heteroatoms. The van der Waals surface area contributed by atoms with Crippen molar-refractivity contribution in [1.29, 1.82) is 0 Å². The Morgan fingerprint density at radius 1 is 1.09 bits per heavy atom. The third-order valence-corrected chi connectivity index (χ3v) is 6.36. The van der Waals surface area contributed by atoms with Gasteiger partial charge in [0.1, 0.15) is 5.75 Å². The Bertz CT molecular complexity index is 1080. The van der Waals surface area contributed by atoms with E-state index in [0.717, 1.165) is 36.9 Å². The van der Waals surface area contributed by atoms with E-state index >= 15 is 0 Å². The van der Waals surface area contributed by atoms with Crippen molar-refractivity contribution in [2.75, 3.05) is 51.3 Å². The molecule has 1 saturated heterocycles. The number of rotatable bonds is 7. The number of anilines is 1. The molecule has 0 radical (unpaired) electrons. The zero-order valence-corrected chi connectivity index (χ0v) is 20.1. The molecule has 0 saturated carbocycles. The lowest BCUT2D eigenvalue weighted by atomic mass is 9.94. The number of ether oxygens (including phenoxy) is 2. The fourth-order valence-electron chi connectivity index (χ4n) is 4.41. The van der Waals surface area contributed by atoms with Gasteiger partial charge in [-0.25, -0.2) is 9.59 Å². The average molecular weight is 485 g/mol. The number of esters is 1. The van der Waals surface area contributed by atoms with Crippen LogP contribution in [0.3, 0.4) is 0 Å². The van der Waals surface area contributed by atoms with Crippen LogP contribution in [-0.4, -0.2) is 63.3 Å². The predicted octanol–water partition coefficient (Wildman–Crippen LogP) is 3.34. The van der Waals surface area contributed by atoms with Gasteiger partial charge in [-0.3, -0.25) is 4.90 Å². The van der Waals surface area contributed by atoms with Crippen LogP contribution >= 0.6 is 11.6 Å². The van der Waals surface area contributed by atoms with Crippen molar-refractivity contribution in [1.82, 2.24) is 15.5 Å². The highest BCUT2D eigenvalue weighted by Gasteiger charge is 2.36. The first-order valence-corrected chi connectivity index (χ1v) is 11.7. The number of amides is 2. The Morgan fingerprint density at radius 3 is 2.50 bits per heavy atom. The summed E-state index contributed by atoms with van der Waals surface area (Å²) in [5, 5.41) is 6.44. The number of para-hydroxylation sites is 2. The number of piperazine rings is 1. The van der Waals surface area contributed by atoms with Crippen LogP contribution < -0.4 is 20.3 Å². The molecule has 34 heavy (non-hydrogen) atoms. The van der Waals surface area contributed by atoms with E-state index in [9.17, 15) is 9.59 Å². The van der Waals surface area contributed by atoms with Crippen LogP contribution in [0.25, 0.3) is 0 Å². The molecule has 2 N–H and O–H groups in total. The van der Waals surface area contributed by atoms with Gasteiger partial charge in [0.25, 0.3) is 0 Å². The van der Waals surface area contributed by atoms with Gasteiger partial charge in [0.05, 0.1) is 36.0 Å². The van der Waals surface area contributed by atoms with Gasteiger partial charge in [0, 0.05) is 44.0 Å². The van der Waals surface area contributed by atoms with Crippen LogP contribution in [0.4, 0.5) is 10.5 Å². The van der Waals surface area contributed by atoms with E-state index in [1.54, 1.807) is 0 Å². The normalized spacial score (nSPS) is 18.9. The van der Waals surface area contributed by atoms with Crippen molar-refractivity contribution in [2.45, 2.75) is 13.0 Å². The van der Waals surface area contributed by atoms with Crippen LogP contribution in [0, 0.1) is 0 Å². The second-order valence-corrected chi connectivity index (χ2v) is 8.51. The molecule has 0 aliphatic carbocycles. The number of hydrogen-bond acceptors (Lipinski definition) is 6. The standard InChI is InChI=1S/C25H29ClN4O4/c1-3-34-21-11-7-4-8-17(21)23-22(24(31)33-2)19(27-25(32)28-23)16-29-12-14-30(15-13-29)20-10-6-5-9-18(20)26/h4-11,23H,3,12-16H2,1-2H3,(H2,27,28,32)/t23-/m0/s1. The lowest BCUT2D eigenvalue weighted by Crippen LogP contribution is -2.51. The van der Waals surface area contributed by atoms with Crippen molar-refractivity contribution < 1.29 is 19.1 Å². The van der Waals surface area contributed by atoms with Crippen molar-refractivity contribution in [3.05, 3.63) is 70.4 Å². The lowest BCUT2D eigenvalue weighted by Gasteiger charge is -2.38. The van der Waals surface area contributed by atoms with Crippen molar-refractivity contribution in [2.24, 2.45) is 0 Å². The number of halogens is 1. The molecule has 1 atom stereocenters. The number of nitrogens with zero attached hydrogens (tertiary/aromatic N) is 2. The molecule has 2 amide bonds. The summed E-state index contributed by atoms with van der Waals surface area (Å²) in [6.45, 7) is 5.86. The van der Waals surface area contributed by atoms with Gasteiger partial charge >= 0.3 is 12.0 Å². The quantitative estimate of drug-likeness (QED) is 0.586. The Morgan fingerprint density at radius 2 is 1.79 bits per heavy atom. The Hall–Kier alpha value is -3.23. The zero-order chi connectivity index (χ0) is 24.1. The van der Waals surface area contributed by atoms with Gasteiger partial charge in [-0.05, 0) is 25.1 Å². The molecule has 2 aliphatic heterocycles. The maximum absolute atomic E-state index is 12.9. The van der Waals surface area contributed by atoms with Gasteiger partial charge in [-0.1, -0.05) is 41.9 Å². The zero-order valence-electron chi connectivity index (χ0n) is 19.3. The minimum absolute atomic E-state index is 0.367. The van der Waals surface area contributed by atoms with Crippen LogP contribution in [0.1, 0.15) is 18.5 Å². The van der Waals surface area contributed by atoms with Crippen LogP contribution in [0.15, 0.2) is 59.8 Å². The highest BCUT2D eigenvalue weighted by molar-refractivity contribution is 6.33. The number of benzene rings is 2. The van der Waals surface area contributed by atoms with Gasteiger partial charge in [0.2, 0.25) is 0 Å². The first-order chi connectivity index (χ1) is 16.5. The van der Waals surface area contributed by atoms with E-state index in [1.165, 1.54) is 7.11 Å². The molecule has 0 bridgehead atoms. The van der Waals surface area contributed by atoms with Crippen LogP contribution in [-0.2, 0) is 9.53 Å². The van der Waals surface area contributed by atoms with E-state index in [0.29, 0.717) is 35.7 Å². The summed E-state index contributed by atoms with van der Waals surface area (Å²) in [6.07, 6.45) is 0. The maximum atomic E-state index is 12.9. The minimum Gasteiger partial charge on any atom is -0.494 e. The SMILES string of the molecule is CCOc1ccccc1[C@@H]1NC(=O)NC(CN2CCN(c3ccccc3Cl)CC2)=C1C(=O)OC. The number of urea groups is 1. The largest absolute Gasteiger partial charge is 0.494 e. The van der Waals surface area contributed by atoms with Crippen LogP contribution in [0.2, 0.25) is 5.02 Å². The Balaban J connectivity index is 1.58. The number of carbonyl (C=O) groups excluding carboxylic acids is 2. The van der Waals surface area contributed by atoms with Crippen molar-refractivity contribution in [3.63, 3.8) is 0 Å². The minimum atomic E-state index is -0.677. The number of hydrogen-bond donors (Lipinski definition) is 2. The van der Waals surface area contributed by atoms with E-state index in [-0.39, 0.29) is 6.03 Å². The molecule has 4 rings (SSSR count). The molecule has 2 aromatic rings. The molecule has 2 heterocycles. The molecule has 2 aliphatic rings.